The van der Waals surface area contributed by atoms with E-state index in [0.717, 1.165) is 38.2 Å². The third-order valence-electron chi connectivity index (χ3n) is 3.45. The Morgan fingerprint density at radius 3 is 2.76 bits per heavy atom. The lowest BCUT2D eigenvalue weighted by Gasteiger charge is -2.32. The minimum atomic E-state index is -0.139. The number of aliphatic hydroxyl groups is 1. The molecule has 1 heterocycles. The Morgan fingerprint density at radius 1 is 1.35 bits per heavy atom. The molecular formula is C14H21NOS. The standard InChI is InChI=1S/C14H21NOS/c16-14-7-4-8-15(10-14)9-13(11-17)12-5-2-1-3-6-12/h1-3,5-6,13-14,16-17H,4,7-11H2. The fraction of sp³-hybridized carbons (Fsp3) is 0.571. The highest BCUT2D eigenvalue weighted by Crippen LogP contribution is 2.20. The van der Waals surface area contributed by atoms with Gasteiger partial charge in [0.05, 0.1) is 6.10 Å². The molecule has 1 fully saturated rings. The van der Waals surface area contributed by atoms with E-state index in [2.05, 4.69) is 41.8 Å². The van der Waals surface area contributed by atoms with E-state index in [1.807, 2.05) is 6.07 Å². The predicted molar refractivity (Wildman–Crippen MR) is 74.7 cm³/mol. The van der Waals surface area contributed by atoms with Gasteiger partial charge in [0.1, 0.15) is 0 Å². The maximum atomic E-state index is 9.67. The summed E-state index contributed by atoms with van der Waals surface area (Å²) >= 11 is 4.46. The number of likely N-dealkylation sites (tertiary alicyclic amines) is 1. The number of nitrogens with zero attached hydrogens (tertiary/aromatic N) is 1. The van der Waals surface area contributed by atoms with Gasteiger partial charge >= 0.3 is 0 Å². The smallest absolute Gasteiger partial charge is 0.0667 e. The summed E-state index contributed by atoms with van der Waals surface area (Å²) in [6.45, 7) is 2.93. The topological polar surface area (TPSA) is 23.5 Å². The third-order valence-corrected chi connectivity index (χ3v) is 3.89. The Kier molecular flexibility index (Phi) is 4.89. The Labute approximate surface area is 109 Å². The molecule has 0 amide bonds. The molecule has 0 saturated carbocycles. The van der Waals surface area contributed by atoms with Crippen LogP contribution in [0, 0.1) is 0 Å². The number of piperidine rings is 1. The Bertz CT molecular complexity index is 330. The van der Waals surface area contributed by atoms with Crippen molar-refractivity contribution in [3.8, 4) is 0 Å². The number of benzene rings is 1. The van der Waals surface area contributed by atoms with Crippen molar-refractivity contribution in [2.45, 2.75) is 24.9 Å². The van der Waals surface area contributed by atoms with Crippen LogP contribution in [0.1, 0.15) is 24.3 Å². The summed E-state index contributed by atoms with van der Waals surface area (Å²) in [5, 5.41) is 9.67. The molecule has 1 aromatic carbocycles. The number of thiol groups is 1. The molecule has 0 aromatic heterocycles. The second kappa shape index (κ2) is 6.43. The second-order valence-corrected chi connectivity index (χ2v) is 5.21. The van der Waals surface area contributed by atoms with Gasteiger partial charge in [-0.3, -0.25) is 0 Å². The van der Waals surface area contributed by atoms with E-state index >= 15 is 0 Å². The van der Waals surface area contributed by atoms with Gasteiger partial charge in [-0.25, -0.2) is 0 Å². The zero-order valence-electron chi connectivity index (χ0n) is 10.1. The highest BCUT2D eigenvalue weighted by atomic mass is 32.1. The molecule has 94 valence electrons. The van der Waals surface area contributed by atoms with Gasteiger partial charge in [-0.1, -0.05) is 30.3 Å². The van der Waals surface area contributed by atoms with Crippen LogP contribution in [-0.4, -0.2) is 41.5 Å². The van der Waals surface area contributed by atoms with Gasteiger partial charge in [0.15, 0.2) is 0 Å². The third kappa shape index (κ3) is 3.73. The van der Waals surface area contributed by atoms with Gasteiger partial charge in [-0.05, 0) is 30.7 Å². The number of β-amino-alcohol motifs (C(OH)–C–C–N with tert-alkyl or cyclic N) is 1. The van der Waals surface area contributed by atoms with Crippen molar-refractivity contribution in [1.82, 2.24) is 4.90 Å². The van der Waals surface area contributed by atoms with Crippen LogP contribution in [0.2, 0.25) is 0 Å². The van der Waals surface area contributed by atoms with Gasteiger partial charge in [-0.15, -0.1) is 0 Å². The molecule has 1 aromatic rings. The van der Waals surface area contributed by atoms with Crippen molar-refractivity contribution in [3.63, 3.8) is 0 Å². The van der Waals surface area contributed by atoms with Gasteiger partial charge in [0.25, 0.3) is 0 Å². The van der Waals surface area contributed by atoms with E-state index in [1.54, 1.807) is 0 Å². The molecule has 2 rings (SSSR count). The van der Waals surface area contributed by atoms with Crippen LogP contribution in [-0.2, 0) is 0 Å². The molecule has 17 heavy (non-hydrogen) atoms. The quantitative estimate of drug-likeness (QED) is 0.801. The van der Waals surface area contributed by atoms with E-state index in [1.165, 1.54) is 5.56 Å². The molecule has 0 spiro atoms. The molecular weight excluding hydrogens is 230 g/mol. The van der Waals surface area contributed by atoms with Crippen molar-refractivity contribution in [3.05, 3.63) is 35.9 Å². The van der Waals surface area contributed by atoms with Gasteiger partial charge < -0.3 is 10.0 Å². The summed E-state index contributed by atoms with van der Waals surface area (Å²) in [7, 11) is 0. The fourth-order valence-corrected chi connectivity index (χ4v) is 2.83. The first-order valence-corrected chi connectivity index (χ1v) is 6.99. The number of hydrogen-bond donors (Lipinski definition) is 2. The summed E-state index contributed by atoms with van der Waals surface area (Å²) in [6, 6.07) is 10.5. The molecule has 0 radical (unpaired) electrons. The summed E-state index contributed by atoms with van der Waals surface area (Å²) in [6.07, 6.45) is 1.92. The molecule has 3 heteroatoms. The first-order valence-electron chi connectivity index (χ1n) is 6.36. The Balaban J connectivity index is 1.95. The maximum Gasteiger partial charge on any atom is 0.0667 e. The molecule has 1 aliphatic heterocycles. The van der Waals surface area contributed by atoms with Crippen LogP contribution in [0.4, 0.5) is 0 Å². The van der Waals surface area contributed by atoms with Gasteiger partial charge in [-0.2, -0.15) is 12.6 Å². The van der Waals surface area contributed by atoms with Gasteiger partial charge in [0, 0.05) is 19.0 Å². The molecule has 1 saturated heterocycles. The van der Waals surface area contributed by atoms with Crippen LogP contribution in [0.15, 0.2) is 30.3 Å². The predicted octanol–water partition coefficient (Wildman–Crippen LogP) is 2.16. The van der Waals surface area contributed by atoms with Crippen LogP contribution < -0.4 is 0 Å². The summed E-state index contributed by atoms with van der Waals surface area (Å²) in [5.74, 6) is 1.32. The molecule has 1 aliphatic rings. The minimum absolute atomic E-state index is 0.139. The molecule has 0 bridgehead atoms. The average molecular weight is 251 g/mol. The summed E-state index contributed by atoms with van der Waals surface area (Å²) < 4.78 is 0. The lowest BCUT2D eigenvalue weighted by atomic mass is 9.99. The van der Waals surface area contributed by atoms with Crippen LogP contribution in [0.25, 0.3) is 0 Å². The van der Waals surface area contributed by atoms with Crippen LogP contribution in [0.5, 0.6) is 0 Å². The van der Waals surface area contributed by atoms with E-state index in [0.29, 0.717) is 5.92 Å². The number of aliphatic hydroxyl groups excluding tert-OH is 1. The highest BCUT2D eigenvalue weighted by Gasteiger charge is 2.20. The van der Waals surface area contributed by atoms with E-state index in [-0.39, 0.29) is 6.10 Å². The minimum Gasteiger partial charge on any atom is -0.392 e. The van der Waals surface area contributed by atoms with Gasteiger partial charge in [0.2, 0.25) is 0 Å². The fourth-order valence-electron chi connectivity index (χ4n) is 2.50. The lowest BCUT2D eigenvalue weighted by Crippen LogP contribution is -2.40. The highest BCUT2D eigenvalue weighted by molar-refractivity contribution is 7.80. The molecule has 0 aliphatic carbocycles. The van der Waals surface area contributed by atoms with Crippen LogP contribution in [0.3, 0.4) is 0 Å². The lowest BCUT2D eigenvalue weighted by molar-refractivity contribution is 0.0684. The van der Waals surface area contributed by atoms with Crippen molar-refractivity contribution >= 4 is 12.6 Å². The van der Waals surface area contributed by atoms with Crippen molar-refractivity contribution in [2.75, 3.05) is 25.4 Å². The molecule has 2 unspecified atom stereocenters. The summed E-state index contributed by atoms with van der Waals surface area (Å²) in [4.78, 5) is 2.36. The van der Waals surface area contributed by atoms with Crippen molar-refractivity contribution in [2.24, 2.45) is 0 Å². The zero-order valence-corrected chi connectivity index (χ0v) is 11.0. The largest absolute Gasteiger partial charge is 0.392 e. The average Bonchev–Trinajstić information content (AvgIpc) is 2.37. The van der Waals surface area contributed by atoms with Crippen molar-refractivity contribution in [1.29, 1.82) is 0 Å². The summed E-state index contributed by atoms with van der Waals surface area (Å²) in [5.41, 5.74) is 1.35. The second-order valence-electron chi connectivity index (χ2n) is 4.85. The molecule has 2 nitrogen and oxygen atoms in total. The first-order chi connectivity index (χ1) is 8.29. The number of rotatable bonds is 4. The maximum absolute atomic E-state index is 9.67. The zero-order chi connectivity index (χ0) is 12.1. The van der Waals surface area contributed by atoms with Crippen LogP contribution >= 0.6 is 12.6 Å². The van der Waals surface area contributed by atoms with Crippen molar-refractivity contribution < 1.29 is 5.11 Å². The van der Waals surface area contributed by atoms with E-state index in [9.17, 15) is 5.11 Å². The first kappa shape index (κ1) is 12.9. The molecule has 1 N–H and O–H groups in total. The van der Waals surface area contributed by atoms with E-state index < -0.39 is 0 Å². The number of hydrogen-bond acceptors (Lipinski definition) is 3. The SMILES string of the molecule is OC1CCCN(CC(CS)c2ccccc2)C1. The molecule has 2 atom stereocenters. The normalized spacial score (nSPS) is 23.5. The Morgan fingerprint density at radius 2 is 2.12 bits per heavy atom. The Hall–Kier alpha value is -0.510. The monoisotopic (exact) mass is 251 g/mol. The van der Waals surface area contributed by atoms with E-state index in [4.69, 9.17) is 0 Å².